The minimum Gasteiger partial charge on any atom is -0.293 e. The zero-order chi connectivity index (χ0) is 29.5. The molecule has 0 aliphatic carbocycles. The summed E-state index contributed by atoms with van der Waals surface area (Å²) in [4.78, 5) is 22.9. The fraction of sp³-hybridized carbons (Fsp3) is 0.457. The van der Waals surface area contributed by atoms with Crippen molar-refractivity contribution in [1.82, 2.24) is 0 Å². The van der Waals surface area contributed by atoms with E-state index in [1.54, 1.807) is 36.4 Å². The summed E-state index contributed by atoms with van der Waals surface area (Å²) in [5.41, 5.74) is 0.379. The quantitative estimate of drug-likeness (QED) is 0.0870. The van der Waals surface area contributed by atoms with Crippen LogP contribution in [0.1, 0.15) is 107 Å². The van der Waals surface area contributed by atoms with Crippen LogP contribution in [0.5, 0.6) is 0 Å². The molecule has 6 heteroatoms. The monoisotopic (exact) mass is 568 g/mol. The van der Waals surface area contributed by atoms with Gasteiger partial charge < -0.3 is 0 Å². The summed E-state index contributed by atoms with van der Waals surface area (Å²) in [5.74, 6) is -4.41. The zero-order valence-corrected chi connectivity index (χ0v) is 24.5. The van der Waals surface area contributed by atoms with Gasteiger partial charge in [0.25, 0.3) is 0 Å². The Bertz CT molecular complexity index is 1230. The summed E-state index contributed by atoms with van der Waals surface area (Å²) in [7, 11) is 0. The second-order valence-corrected chi connectivity index (χ2v) is 10.6. The molecule has 3 aromatic carbocycles. The predicted molar refractivity (Wildman–Crippen MR) is 159 cm³/mol. The van der Waals surface area contributed by atoms with Gasteiger partial charge in [-0.1, -0.05) is 121 Å². The van der Waals surface area contributed by atoms with Crippen LogP contribution in [0.15, 0.2) is 54.6 Å². The Morgan fingerprint density at radius 3 is 1.95 bits per heavy atom. The van der Waals surface area contributed by atoms with E-state index in [9.17, 15) is 4.79 Å². The number of unbranched alkanes of at least 4 members (excludes halogenated alkanes) is 10. The molecule has 0 amide bonds. The Balaban J connectivity index is 1.83. The molecule has 0 fully saturated rings. The molecule has 3 nitrogen and oxygen atoms in total. The summed E-state index contributed by atoms with van der Waals surface area (Å²) in [5, 5.41) is 0. The van der Waals surface area contributed by atoms with E-state index in [-0.39, 0.29) is 23.3 Å². The highest BCUT2D eigenvalue weighted by Crippen LogP contribution is 2.36. The summed E-state index contributed by atoms with van der Waals surface area (Å²) in [6.07, 6.45) is 13.5. The van der Waals surface area contributed by atoms with E-state index < -0.39 is 29.0 Å². The first-order valence-corrected chi connectivity index (χ1v) is 15.2. The number of hydrogen-bond acceptors (Lipinski definition) is 3. The van der Waals surface area contributed by atoms with Crippen molar-refractivity contribution in [3.8, 4) is 22.3 Å². The summed E-state index contributed by atoms with van der Waals surface area (Å²) in [6.45, 7) is 4.46. The molecular weight excluding hydrogens is 525 g/mol. The molecule has 0 saturated carbocycles. The molecule has 41 heavy (non-hydrogen) atoms. The van der Waals surface area contributed by atoms with Gasteiger partial charge in [0.05, 0.1) is 6.61 Å². The van der Waals surface area contributed by atoms with Crippen LogP contribution in [0.25, 0.3) is 22.3 Å². The fourth-order valence-electron chi connectivity index (χ4n) is 4.99. The molecule has 0 saturated heterocycles. The second-order valence-electron chi connectivity index (χ2n) is 10.6. The van der Waals surface area contributed by atoms with Crippen LogP contribution in [-0.4, -0.2) is 12.6 Å². The minimum absolute atomic E-state index is 0.00403. The molecule has 0 radical (unpaired) electrons. The molecule has 3 rings (SSSR count). The van der Waals surface area contributed by atoms with Crippen LogP contribution >= 0.6 is 0 Å². The van der Waals surface area contributed by atoms with Crippen LogP contribution in [0.4, 0.5) is 13.2 Å². The Hall–Kier alpha value is -3.12. The standard InChI is InChI=1S/C35H43F3O3/c1-3-5-7-9-11-14-18-26-21-22-28(31(36)24-26)30-25-29(27-19-15-13-16-20-27)33(37)34(38)32(30)35(39)41-40-23-17-12-10-8-6-4-2/h13,15-16,19-22,24-25H,3-12,14,17-18,23H2,1-2H3. The van der Waals surface area contributed by atoms with E-state index in [1.165, 1.54) is 43.9 Å². The van der Waals surface area contributed by atoms with Gasteiger partial charge >= 0.3 is 5.97 Å². The highest BCUT2D eigenvalue weighted by Gasteiger charge is 2.28. The van der Waals surface area contributed by atoms with Crippen molar-refractivity contribution in [1.29, 1.82) is 0 Å². The molecule has 0 spiro atoms. The maximum absolute atomic E-state index is 15.5. The first-order chi connectivity index (χ1) is 20.0. The Morgan fingerprint density at radius 1 is 0.659 bits per heavy atom. The van der Waals surface area contributed by atoms with Crippen molar-refractivity contribution in [2.45, 2.75) is 97.3 Å². The van der Waals surface area contributed by atoms with Crippen LogP contribution in [-0.2, 0) is 16.2 Å². The normalized spacial score (nSPS) is 11.1. The number of aryl methyl sites for hydroxylation is 1. The average molecular weight is 569 g/mol. The van der Waals surface area contributed by atoms with E-state index in [0.717, 1.165) is 56.9 Å². The van der Waals surface area contributed by atoms with E-state index in [1.807, 2.05) is 0 Å². The van der Waals surface area contributed by atoms with Crippen LogP contribution in [0.2, 0.25) is 0 Å². The van der Waals surface area contributed by atoms with Crippen molar-refractivity contribution in [3.63, 3.8) is 0 Å². The van der Waals surface area contributed by atoms with Gasteiger partial charge in [-0.15, -0.1) is 0 Å². The molecule has 0 unspecified atom stereocenters. The van der Waals surface area contributed by atoms with Crippen molar-refractivity contribution < 1.29 is 27.7 Å². The number of hydrogen-bond donors (Lipinski definition) is 0. The number of halogens is 3. The number of rotatable bonds is 18. The van der Waals surface area contributed by atoms with E-state index >= 15 is 13.2 Å². The fourth-order valence-corrected chi connectivity index (χ4v) is 4.99. The second kappa shape index (κ2) is 17.6. The van der Waals surface area contributed by atoms with Gasteiger partial charge in [-0.2, -0.15) is 4.89 Å². The maximum atomic E-state index is 15.5. The predicted octanol–water partition coefficient (Wildman–Crippen LogP) is 10.8. The largest absolute Gasteiger partial charge is 0.376 e. The third kappa shape index (κ3) is 9.74. The highest BCUT2D eigenvalue weighted by molar-refractivity contribution is 5.99. The molecule has 0 N–H and O–H groups in total. The lowest BCUT2D eigenvalue weighted by atomic mass is 9.92. The summed E-state index contributed by atoms with van der Waals surface area (Å²) < 4.78 is 46.3. The van der Waals surface area contributed by atoms with Gasteiger partial charge in [-0.05, 0) is 42.5 Å². The minimum atomic E-state index is -1.40. The SMILES string of the molecule is CCCCCCCCOOC(=O)c1c(-c2ccc(CCCCCCCC)cc2F)cc(-c2ccccc2)c(F)c1F. The lowest BCUT2D eigenvalue weighted by Crippen LogP contribution is -2.13. The van der Waals surface area contributed by atoms with Crippen molar-refractivity contribution in [2.24, 2.45) is 0 Å². The third-order valence-corrected chi connectivity index (χ3v) is 7.35. The highest BCUT2D eigenvalue weighted by atomic mass is 19.2. The maximum Gasteiger partial charge on any atom is 0.376 e. The van der Waals surface area contributed by atoms with Gasteiger partial charge in [-0.25, -0.2) is 18.0 Å². The van der Waals surface area contributed by atoms with E-state index in [4.69, 9.17) is 9.78 Å². The zero-order valence-electron chi connectivity index (χ0n) is 24.5. The van der Waals surface area contributed by atoms with Crippen LogP contribution in [0.3, 0.4) is 0 Å². The first-order valence-electron chi connectivity index (χ1n) is 15.2. The first kappa shape index (κ1) is 32.4. The van der Waals surface area contributed by atoms with E-state index in [2.05, 4.69) is 13.8 Å². The molecule has 3 aromatic rings. The number of carbonyl (C=O) groups excluding carboxylic acids is 1. The summed E-state index contributed by atoms with van der Waals surface area (Å²) >= 11 is 0. The molecule has 0 aliphatic heterocycles. The lowest BCUT2D eigenvalue weighted by molar-refractivity contribution is -0.241. The lowest BCUT2D eigenvalue weighted by Gasteiger charge is -2.15. The van der Waals surface area contributed by atoms with Gasteiger partial charge in [0, 0.05) is 16.7 Å². The van der Waals surface area contributed by atoms with E-state index in [0.29, 0.717) is 12.0 Å². The van der Waals surface area contributed by atoms with Gasteiger partial charge in [-0.3, -0.25) is 4.89 Å². The Kier molecular flexibility index (Phi) is 13.9. The van der Waals surface area contributed by atoms with Gasteiger partial charge in [0.1, 0.15) is 11.4 Å². The van der Waals surface area contributed by atoms with Crippen molar-refractivity contribution in [2.75, 3.05) is 6.61 Å². The van der Waals surface area contributed by atoms with Crippen molar-refractivity contribution in [3.05, 3.63) is 83.2 Å². The molecule has 0 heterocycles. The Labute approximate surface area is 243 Å². The molecule has 0 aromatic heterocycles. The van der Waals surface area contributed by atoms with Gasteiger partial charge in [0.2, 0.25) is 0 Å². The molecule has 0 atom stereocenters. The Morgan fingerprint density at radius 2 is 1.29 bits per heavy atom. The van der Waals surface area contributed by atoms with Crippen LogP contribution in [0, 0.1) is 17.5 Å². The van der Waals surface area contributed by atoms with Crippen molar-refractivity contribution >= 4 is 5.97 Å². The van der Waals surface area contributed by atoms with Gasteiger partial charge in [0.15, 0.2) is 11.6 Å². The molecule has 0 aliphatic rings. The number of benzene rings is 3. The average Bonchev–Trinajstić information content (AvgIpc) is 2.98. The third-order valence-electron chi connectivity index (χ3n) is 7.35. The number of carbonyl (C=O) groups is 1. The smallest absolute Gasteiger partial charge is 0.293 e. The summed E-state index contributed by atoms with van der Waals surface area (Å²) in [6, 6.07) is 14.4. The topological polar surface area (TPSA) is 35.5 Å². The molecular formula is C35H43F3O3. The molecule has 222 valence electrons. The van der Waals surface area contributed by atoms with Crippen LogP contribution < -0.4 is 0 Å². The molecule has 0 bridgehead atoms.